The molecule has 2 saturated heterocycles. The summed E-state index contributed by atoms with van der Waals surface area (Å²) in [7, 11) is 1.56. The number of aryl methyl sites for hydroxylation is 1. The molecule has 176 valence electrons. The number of nitrogens with one attached hydrogen (secondary N) is 1. The van der Waals surface area contributed by atoms with Crippen molar-refractivity contribution in [3.05, 3.63) is 63.1 Å². The lowest BCUT2D eigenvalue weighted by molar-refractivity contribution is 0.0770. The van der Waals surface area contributed by atoms with Gasteiger partial charge in [0.2, 0.25) is 0 Å². The van der Waals surface area contributed by atoms with E-state index in [0.29, 0.717) is 45.3 Å². The van der Waals surface area contributed by atoms with Gasteiger partial charge in [0.05, 0.1) is 12.7 Å². The Morgan fingerprint density at radius 2 is 1.79 bits per heavy atom. The van der Waals surface area contributed by atoms with Crippen molar-refractivity contribution in [1.82, 2.24) is 15.1 Å². The lowest BCUT2D eigenvalue weighted by Crippen LogP contribution is -2.34. The highest BCUT2D eigenvalue weighted by molar-refractivity contribution is 6.31. The number of hydrogen-bond acceptors (Lipinski definition) is 4. The van der Waals surface area contributed by atoms with Crippen LogP contribution in [0, 0.1) is 18.8 Å². The van der Waals surface area contributed by atoms with Gasteiger partial charge in [0.25, 0.3) is 11.8 Å². The third-order valence-corrected chi connectivity index (χ3v) is 7.25. The second kappa shape index (κ2) is 10.3. The van der Waals surface area contributed by atoms with Gasteiger partial charge in [0.1, 0.15) is 5.75 Å². The van der Waals surface area contributed by atoms with Gasteiger partial charge in [-0.1, -0.05) is 29.3 Å². The van der Waals surface area contributed by atoms with Crippen molar-refractivity contribution in [3.63, 3.8) is 0 Å². The average molecular weight is 490 g/mol. The van der Waals surface area contributed by atoms with Crippen molar-refractivity contribution in [3.8, 4) is 5.75 Å². The van der Waals surface area contributed by atoms with Gasteiger partial charge in [-0.05, 0) is 67.6 Å². The third-order valence-electron chi connectivity index (χ3n) is 6.61. The summed E-state index contributed by atoms with van der Waals surface area (Å²) in [5, 5.41) is 4.11. The van der Waals surface area contributed by atoms with E-state index in [2.05, 4.69) is 10.2 Å². The Kier molecular flexibility index (Phi) is 7.47. The summed E-state index contributed by atoms with van der Waals surface area (Å²) in [6.07, 6.45) is 0.882. The lowest BCUT2D eigenvalue weighted by Gasteiger charge is -2.22. The largest absolute Gasteiger partial charge is 0.496 e. The molecule has 0 saturated carbocycles. The number of nitrogens with zero attached hydrogens (tertiary/aromatic N) is 2. The van der Waals surface area contributed by atoms with E-state index in [4.69, 9.17) is 27.9 Å². The van der Waals surface area contributed by atoms with Crippen molar-refractivity contribution in [2.45, 2.75) is 13.3 Å². The zero-order valence-electron chi connectivity index (χ0n) is 18.9. The molecule has 2 unspecified atom stereocenters. The maximum atomic E-state index is 13.0. The molecule has 0 spiro atoms. The molecule has 0 radical (unpaired) electrons. The molecule has 2 atom stereocenters. The lowest BCUT2D eigenvalue weighted by atomic mass is 10.0. The Bertz CT molecular complexity index is 1030. The summed E-state index contributed by atoms with van der Waals surface area (Å²) < 4.78 is 5.35. The van der Waals surface area contributed by atoms with E-state index in [9.17, 15) is 9.59 Å². The van der Waals surface area contributed by atoms with Crippen LogP contribution in [0.1, 0.15) is 32.7 Å². The number of likely N-dealkylation sites (tertiary alicyclic amines) is 2. The number of benzene rings is 2. The number of fused-ring (bicyclic) bond motifs is 1. The van der Waals surface area contributed by atoms with Crippen LogP contribution in [0.3, 0.4) is 0 Å². The molecule has 2 aromatic rings. The molecular formula is C25H29Cl2N3O3. The minimum Gasteiger partial charge on any atom is -0.496 e. The monoisotopic (exact) mass is 489 g/mol. The van der Waals surface area contributed by atoms with E-state index in [-0.39, 0.29) is 11.8 Å². The molecule has 2 fully saturated rings. The summed E-state index contributed by atoms with van der Waals surface area (Å²) in [5.74, 6) is 1.39. The molecule has 2 aliphatic rings. The van der Waals surface area contributed by atoms with Crippen LogP contribution < -0.4 is 10.1 Å². The summed E-state index contributed by atoms with van der Waals surface area (Å²) in [4.78, 5) is 29.7. The molecular weight excluding hydrogens is 461 g/mol. The van der Waals surface area contributed by atoms with Crippen LogP contribution in [0.4, 0.5) is 0 Å². The molecule has 1 N–H and O–H groups in total. The topological polar surface area (TPSA) is 61.9 Å². The molecule has 4 rings (SSSR count). The first kappa shape index (κ1) is 23.9. The van der Waals surface area contributed by atoms with Crippen LogP contribution in [0.5, 0.6) is 5.75 Å². The van der Waals surface area contributed by atoms with Gasteiger partial charge in [-0.2, -0.15) is 0 Å². The molecule has 2 heterocycles. The second-order valence-electron chi connectivity index (χ2n) is 8.91. The highest BCUT2D eigenvalue weighted by atomic mass is 35.5. The minimum atomic E-state index is -0.0965. The molecule has 8 heteroatoms. The Morgan fingerprint density at radius 1 is 1.06 bits per heavy atom. The zero-order chi connectivity index (χ0) is 23.5. The van der Waals surface area contributed by atoms with Gasteiger partial charge >= 0.3 is 0 Å². The van der Waals surface area contributed by atoms with Gasteiger partial charge < -0.3 is 19.9 Å². The van der Waals surface area contributed by atoms with Crippen LogP contribution in [-0.2, 0) is 0 Å². The van der Waals surface area contributed by atoms with E-state index >= 15 is 0 Å². The molecule has 2 amide bonds. The SMILES string of the molecule is COc1ccc(Cl)cc1C(=O)N1CC2CN(CCCNC(=O)c3ccc(C)c(Cl)c3)CC2C1. The zero-order valence-corrected chi connectivity index (χ0v) is 20.5. The van der Waals surface area contributed by atoms with Gasteiger partial charge in [0, 0.05) is 48.3 Å². The molecule has 0 bridgehead atoms. The van der Waals surface area contributed by atoms with Gasteiger partial charge in [-0.15, -0.1) is 0 Å². The Labute approximate surface area is 204 Å². The minimum absolute atomic E-state index is 0.0192. The number of methoxy groups -OCH3 is 1. The maximum absolute atomic E-state index is 13.0. The first-order chi connectivity index (χ1) is 15.9. The standard InChI is InChI=1S/C25H29Cl2N3O3/c1-16-4-5-17(10-22(16)27)24(31)28-8-3-9-29-12-18-14-30(15-19(18)13-29)25(32)21-11-20(26)6-7-23(21)33-2/h4-7,10-11,18-19H,3,8-9,12-15H2,1-2H3,(H,28,31). The van der Waals surface area contributed by atoms with Crippen LogP contribution in [-0.4, -0.2) is 68.0 Å². The number of hydrogen-bond donors (Lipinski definition) is 1. The summed E-state index contributed by atoms with van der Waals surface area (Å²) in [6, 6.07) is 10.5. The summed E-state index contributed by atoms with van der Waals surface area (Å²) >= 11 is 12.2. The van der Waals surface area contributed by atoms with Crippen LogP contribution in [0.15, 0.2) is 36.4 Å². The first-order valence-corrected chi connectivity index (χ1v) is 12.0. The molecule has 2 aliphatic heterocycles. The highest BCUT2D eigenvalue weighted by Gasteiger charge is 2.41. The van der Waals surface area contributed by atoms with E-state index in [1.54, 1.807) is 37.4 Å². The van der Waals surface area contributed by atoms with Crippen LogP contribution >= 0.6 is 23.2 Å². The predicted octanol–water partition coefficient (Wildman–Crippen LogP) is 4.13. The van der Waals surface area contributed by atoms with Crippen molar-refractivity contribution in [2.24, 2.45) is 11.8 Å². The van der Waals surface area contributed by atoms with E-state index in [0.717, 1.165) is 44.7 Å². The quantitative estimate of drug-likeness (QED) is 0.593. The molecule has 6 nitrogen and oxygen atoms in total. The molecule has 2 aromatic carbocycles. The Morgan fingerprint density at radius 3 is 2.45 bits per heavy atom. The molecule has 0 aromatic heterocycles. The molecule has 33 heavy (non-hydrogen) atoms. The maximum Gasteiger partial charge on any atom is 0.257 e. The Balaban J connectivity index is 1.21. The van der Waals surface area contributed by atoms with Crippen molar-refractivity contribution in [1.29, 1.82) is 0 Å². The number of carbonyl (C=O) groups excluding carboxylic acids is 2. The van der Waals surface area contributed by atoms with Gasteiger partial charge in [-0.25, -0.2) is 0 Å². The fourth-order valence-electron chi connectivity index (χ4n) is 4.80. The van der Waals surface area contributed by atoms with Crippen molar-refractivity contribution in [2.75, 3.05) is 46.4 Å². The number of halogens is 2. The van der Waals surface area contributed by atoms with E-state index in [1.165, 1.54) is 0 Å². The Hall–Kier alpha value is -2.28. The van der Waals surface area contributed by atoms with Crippen LogP contribution in [0.2, 0.25) is 10.0 Å². The number of ether oxygens (including phenoxy) is 1. The van der Waals surface area contributed by atoms with E-state index < -0.39 is 0 Å². The highest BCUT2D eigenvalue weighted by Crippen LogP contribution is 2.33. The fourth-order valence-corrected chi connectivity index (χ4v) is 5.15. The summed E-state index contributed by atoms with van der Waals surface area (Å²) in [5.41, 5.74) is 2.06. The number of amides is 2. The second-order valence-corrected chi connectivity index (χ2v) is 9.75. The van der Waals surface area contributed by atoms with Gasteiger partial charge in [-0.3, -0.25) is 9.59 Å². The number of carbonyl (C=O) groups is 2. The smallest absolute Gasteiger partial charge is 0.257 e. The first-order valence-electron chi connectivity index (χ1n) is 11.2. The van der Waals surface area contributed by atoms with Gasteiger partial charge in [0.15, 0.2) is 0 Å². The third kappa shape index (κ3) is 5.45. The summed E-state index contributed by atoms with van der Waals surface area (Å²) in [6.45, 7) is 6.92. The predicted molar refractivity (Wildman–Crippen MR) is 130 cm³/mol. The van der Waals surface area contributed by atoms with Crippen molar-refractivity contribution >= 4 is 35.0 Å². The fraction of sp³-hybridized carbons (Fsp3) is 0.440. The van der Waals surface area contributed by atoms with E-state index in [1.807, 2.05) is 17.9 Å². The number of rotatable bonds is 7. The normalized spacial score (nSPS) is 20.1. The molecule has 0 aliphatic carbocycles. The van der Waals surface area contributed by atoms with Crippen LogP contribution in [0.25, 0.3) is 0 Å². The van der Waals surface area contributed by atoms with Crippen molar-refractivity contribution < 1.29 is 14.3 Å². The average Bonchev–Trinajstić information content (AvgIpc) is 3.37.